The van der Waals surface area contributed by atoms with Gasteiger partial charge in [0.2, 0.25) is 5.91 Å². The Kier molecular flexibility index (Phi) is 4.42. The highest BCUT2D eigenvalue weighted by molar-refractivity contribution is 5.92. The number of hydrogen-bond donors (Lipinski definition) is 1. The molecule has 4 heteroatoms. The van der Waals surface area contributed by atoms with E-state index in [1.807, 2.05) is 60.1 Å². The molecule has 0 aliphatic rings. The third-order valence-electron chi connectivity index (χ3n) is 3.93. The highest BCUT2D eigenvalue weighted by Crippen LogP contribution is 2.25. The first kappa shape index (κ1) is 15.3. The summed E-state index contributed by atoms with van der Waals surface area (Å²) < 4.78 is 1.99. The first-order chi connectivity index (χ1) is 11.2. The van der Waals surface area contributed by atoms with Crippen molar-refractivity contribution >= 4 is 17.2 Å². The van der Waals surface area contributed by atoms with Crippen molar-refractivity contribution in [3.8, 4) is 11.3 Å². The van der Waals surface area contributed by atoms with Crippen molar-refractivity contribution in [2.45, 2.75) is 33.1 Å². The lowest BCUT2D eigenvalue weighted by molar-refractivity contribution is -0.116. The number of aromatic nitrogens is 2. The zero-order valence-electron chi connectivity index (χ0n) is 13.5. The molecule has 1 aromatic carbocycles. The highest BCUT2D eigenvalue weighted by atomic mass is 16.1. The third-order valence-corrected chi connectivity index (χ3v) is 3.93. The highest BCUT2D eigenvalue weighted by Gasteiger charge is 2.09. The van der Waals surface area contributed by atoms with Gasteiger partial charge in [0.25, 0.3) is 0 Å². The second-order valence-corrected chi connectivity index (χ2v) is 5.77. The predicted molar refractivity (Wildman–Crippen MR) is 93.5 cm³/mol. The number of rotatable bonds is 5. The summed E-state index contributed by atoms with van der Waals surface area (Å²) in [5.41, 5.74) is 4.74. The number of aryl methyl sites for hydroxylation is 1. The molecule has 4 nitrogen and oxygen atoms in total. The van der Waals surface area contributed by atoms with Crippen LogP contribution in [-0.2, 0) is 4.79 Å². The van der Waals surface area contributed by atoms with Crippen LogP contribution in [0.2, 0.25) is 0 Å². The van der Waals surface area contributed by atoms with Gasteiger partial charge in [-0.3, -0.25) is 4.79 Å². The number of unbranched alkanes of at least 4 members (excludes halogenated alkanes) is 1. The van der Waals surface area contributed by atoms with Crippen LogP contribution in [0.5, 0.6) is 0 Å². The van der Waals surface area contributed by atoms with Crippen LogP contribution in [0.4, 0.5) is 5.69 Å². The molecule has 0 saturated carbocycles. The number of hydrogen-bond acceptors (Lipinski definition) is 2. The molecular weight excluding hydrogens is 286 g/mol. The molecule has 0 bridgehead atoms. The molecule has 0 saturated heterocycles. The van der Waals surface area contributed by atoms with Crippen LogP contribution in [0.3, 0.4) is 0 Å². The predicted octanol–water partition coefficient (Wildman–Crippen LogP) is 4.44. The fourth-order valence-electron chi connectivity index (χ4n) is 2.54. The molecule has 0 spiro atoms. The van der Waals surface area contributed by atoms with Crippen LogP contribution in [0.1, 0.15) is 31.7 Å². The van der Waals surface area contributed by atoms with E-state index in [0.29, 0.717) is 6.42 Å². The third kappa shape index (κ3) is 3.42. The minimum Gasteiger partial charge on any atom is -0.326 e. The molecule has 0 unspecified atom stereocenters. The maximum atomic E-state index is 12.0. The minimum atomic E-state index is 0.0714. The van der Waals surface area contributed by atoms with Crippen molar-refractivity contribution in [1.29, 1.82) is 0 Å². The molecule has 23 heavy (non-hydrogen) atoms. The monoisotopic (exact) mass is 307 g/mol. The Hall–Kier alpha value is -2.62. The van der Waals surface area contributed by atoms with Gasteiger partial charge in [0.1, 0.15) is 5.65 Å². The summed E-state index contributed by atoms with van der Waals surface area (Å²) in [6.45, 7) is 4.09. The van der Waals surface area contributed by atoms with Crippen molar-refractivity contribution in [3.05, 3.63) is 54.4 Å². The van der Waals surface area contributed by atoms with Crippen molar-refractivity contribution in [2.75, 3.05) is 5.32 Å². The van der Waals surface area contributed by atoms with E-state index in [2.05, 4.69) is 17.2 Å². The van der Waals surface area contributed by atoms with Crippen molar-refractivity contribution in [2.24, 2.45) is 0 Å². The molecule has 3 rings (SSSR count). The number of carbonyl (C=O) groups is 1. The number of nitrogens with one attached hydrogen (secondary N) is 1. The van der Waals surface area contributed by atoms with Gasteiger partial charge < -0.3 is 9.72 Å². The second kappa shape index (κ2) is 6.65. The van der Waals surface area contributed by atoms with E-state index in [4.69, 9.17) is 0 Å². The summed E-state index contributed by atoms with van der Waals surface area (Å²) in [7, 11) is 0. The van der Waals surface area contributed by atoms with E-state index in [-0.39, 0.29) is 5.91 Å². The Balaban J connectivity index is 1.88. The van der Waals surface area contributed by atoms with Gasteiger partial charge in [-0.15, -0.1) is 0 Å². The van der Waals surface area contributed by atoms with Crippen LogP contribution < -0.4 is 5.32 Å². The van der Waals surface area contributed by atoms with Gasteiger partial charge in [0, 0.05) is 30.1 Å². The van der Waals surface area contributed by atoms with Crippen molar-refractivity contribution < 1.29 is 4.79 Å². The average Bonchev–Trinajstić information content (AvgIpc) is 2.99. The van der Waals surface area contributed by atoms with Crippen LogP contribution in [-0.4, -0.2) is 15.3 Å². The number of benzene rings is 1. The van der Waals surface area contributed by atoms with E-state index in [9.17, 15) is 4.79 Å². The average molecular weight is 307 g/mol. The summed E-state index contributed by atoms with van der Waals surface area (Å²) in [5, 5.41) is 3.02. The Morgan fingerprint density at radius 2 is 2.13 bits per heavy atom. The zero-order valence-corrected chi connectivity index (χ0v) is 13.5. The van der Waals surface area contributed by atoms with Gasteiger partial charge in [-0.25, -0.2) is 4.98 Å². The molecule has 1 N–H and O–H groups in total. The molecule has 2 aromatic heterocycles. The normalized spacial score (nSPS) is 10.9. The summed E-state index contributed by atoms with van der Waals surface area (Å²) in [4.78, 5) is 16.6. The Morgan fingerprint density at radius 3 is 2.91 bits per heavy atom. The van der Waals surface area contributed by atoms with E-state index in [1.165, 1.54) is 0 Å². The number of nitrogens with zero attached hydrogens (tertiary/aromatic N) is 2. The number of amides is 1. The van der Waals surface area contributed by atoms with E-state index < -0.39 is 0 Å². The Bertz CT molecular complexity index is 803. The molecule has 118 valence electrons. The van der Waals surface area contributed by atoms with Crippen molar-refractivity contribution in [3.63, 3.8) is 0 Å². The number of anilines is 1. The Labute approximate surface area is 136 Å². The smallest absolute Gasteiger partial charge is 0.224 e. The van der Waals surface area contributed by atoms with E-state index in [1.54, 1.807) is 0 Å². The van der Waals surface area contributed by atoms with Crippen LogP contribution in [0.25, 0.3) is 16.9 Å². The first-order valence-electron chi connectivity index (χ1n) is 8.02. The first-order valence-corrected chi connectivity index (χ1v) is 8.02. The van der Waals surface area contributed by atoms with Gasteiger partial charge in [0.15, 0.2) is 0 Å². The summed E-state index contributed by atoms with van der Waals surface area (Å²) in [6, 6.07) is 12.0. The number of imidazole rings is 1. The fourth-order valence-corrected chi connectivity index (χ4v) is 2.54. The van der Waals surface area contributed by atoms with Gasteiger partial charge >= 0.3 is 0 Å². The number of pyridine rings is 1. The molecule has 0 fully saturated rings. The molecule has 3 aromatic rings. The quantitative estimate of drug-likeness (QED) is 0.757. The lowest BCUT2D eigenvalue weighted by Crippen LogP contribution is -2.12. The molecule has 2 heterocycles. The van der Waals surface area contributed by atoms with E-state index >= 15 is 0 Å². The van der Waals surface area contributed by atoms with Gasteiger partial charge in [-0.05, 0) is 37.1 Å². The zero-order chi connectivity index (χ0) is 16.2. The molecular formula is C19H21N3O. The summed E-state index contributed by atoms with van der Waals surface area (Å²) >= 11 is 0. The lowest BCUT2D eigenvalue weighted by Gasteiger charge is -2.09. The standard InChI is InChI=1S/C19H21N3O/c1-3-4-8-19(23)21-16-12-15(10-9-14(16)2)17-13-22-11-6-5-7-18(22)20-17/h5-7,9-13H,3-4,8H2,1-2H3,(H,21,23). The van der Waals surface area contributed by atoms with Gasteiger partial charge in [-0.2, -0.15) is 0 Å². The fraction of sp³-hybridized carbons (Fsp3) is 0.263. The second-order valence-electron chi connectivity index (χ2n) is 5.77. The summed E-state index contributed by atoms with van der Waals surface area (Å²) in [6.07, 6.45) is 6.48. The number of fused-ring (bicyclic) bond motifs is 1. The summed E-state index contributed by atoms with van der Waals surface area (Å²) in [5.74, 6) is 0.0714. The SMILES string of the molecule is CCCCC(=O)Nc1cc(-c2cn3ccccc3n2)ccc1C. The van der Waals surface area contributed by atoms with Crippen molar-refractivity contribution in [1.82, 2.24) is 9.38 Å². The largest absolute Gasteiger partial charge is 0.326 e. The Morgan fingerprint density at radius 1 is 1.26 bits per heavy atom. The van der Waals surface area contributed by atoms with Crippen LogP contribution >= 0.6 is 0 Å². The van der Waals surface area contributed by atoms with Gasteiger partial charge in [0.05, 0.1) is 5.69 Å². The van der Waals surface area contributed by atoms with Crippen LogP contribution in [0.15, 0.2) is 48.8 Å². The van der Waals surface area contributed by atoms with E-state index in [0.717, 1.165) is 41.0 Å². The number of carbonyl (C=O) groups excluding carboxylic acids is 1. The topological polar surface area (TPSA) is 46.4 Å². The molecule has 0 radical (unpaired) electrons. The van der Waals surface area contributed by atoms with Crippen LogP contribution in [0, 0.1) is 6.92 Å². The van der Waals surface area contributed by atoms with Gasteiger partial charge in [-0.1, -0.05) is 31.5 Å². The minimum absolute atomic E-state index is 0.0714. The molecule has 1 amide bonds. The lowest BCUT2D eigenvalue weighted by atomic mass is 10.1. The molecule has 0 atom stereocenters. The maximum Gasteiger partial charge on any atom is 0.224 e. The molecule has 0 aliphatic heterocycles. The molecule has 0 aliphatic carbocycles. The maximum absolute atomic E-state index is 12.0.